The monoisotopic (exact) mass is 528 g/mol. The molecule has 1 fully saturated rings. The summed E-state index contributed by atoms with van der Waals surface area (Å²) >= 11 is 0. The molecule has 0 atom stereocenters. The van der Waals surface area contributed by atoms with Gasteiger partial charge in [0.05, 0.1) is 12.2 Å². The second-order valence-electron chi connectivity index (χ2n) is 9.88. The van der Waals surface area contributed by atoms with Crippen molar-refractivity contribution >= 4 is 29.4 Å². The number of ether oxygens (including phenoxy) is 2. The maximum absolute atomic E-state index is 13.2. The molecule has 204 valence electrons. The molecule has 5 N–H and O–H groups in total. The molecule has 1 aliphatic carbocycles. The molecule has 3 aromatic rings. The molecular weight excluding hydrogens is 492 g/mol. The van der Waals surface area contributed by atoms with Crippen LogP contribution in [0.5, 0.6) is 11.5 Å². The fourth-order valence-electron chi connectivity index (χ4n) is 4.78. The second kappa shape index (κ2) is 13.5. The average molecular weight is 529 g/mol. The number of hydrogen-bond acceptors (Lipinski definition) is 6. The van der Waals surface area contributed by atoms with Gasteiger partial charge in [0.15, 0.2) is 17.8 Å². The van der Waals surface area contributed by atoms with Crippen LogP contribution in [0, 0.1) is 18.3 Å². The van der Waals surface area contributed by atoms with Crippen molar-refractivity contribution in [3.05, 3.63) is 82.9 Å². The van der Waals surface area contributed by atoms with E-state index in [0.717, 1.165) is 17.4 Å². The molecule has 3 aromatic carbocycles. The Morgan fingerprint density at radius 2 is 1.82 bits per heavy atom. The van der Waals surface area contributed by atoms with Crippen molar-refractivity contribution in [3.63, 3.8) is 0 Å². The summed E-state index contributed by atoms with van der Waals surface area (Å²) in [6.07, 6.45) is 6.83. The molecule has 8 nitrogen and oxygen atoms in total. The van der Waals surface area contributed by atoms with Gasteiger partial charge in [0.2, 0.25) is 0 Å². The van der Waals surface area contributed by atoms with Crippen molar-refractivity contribution in [2.24, 2.45) is 11.7 Å². The highest BCUT2D eigenvalue weighted by molar-refractivity contribution is 6.08. The van der Waals surface area contributed by atoms with E-state index in [1.54, 1.807) is 24.3 Å². The maximum atomic E-state index is 13.2. The summed E-state index contributed by atoms with van der Waals surface area (Å²) in [5.74, 6) is 1.40. The molecule has 39 heavy (non-hydrogen) atoms. The Hall–Kier alpha value is -4.33. The van der Waals surface area contributed by atoms with Gasteiger partial charge in [-0.2, -0.15) is 0 Å². The number of aldehydes is 1. The average Bonchev–Trinajstić information content (AvgIpc) is 2.95. The highest BCUT2D eigenvalue weighted by atomic mass is 16.5. The lowest BCUT2D eigenvalue weighted by Crippen LogP contribution is -2.17. The Morgan fingerprint density at radius 1 is 1.05 bits per heavy atom. The zero-order chi connectivity index (χ0) is 27.6. The Kier molecular flexibility index (Phi) is 9.56. The molecule has 0 radical (unpaired) electrons. The van der Waals surface area contributed by atoms with Crippen molar-refractivity contribution in [3.8, 4) is 11.5 Å². The number of nitrogens with two attached hydrogens (primary N) is 1. The van der Waals surface area contributed by atoms with Gasteiger partial charge in [-0.1, -0.05) is 43.0 Å². The normalized spacial score (nSPS) is 13.4. The van der Waals surface area contributed by atoms with Crippen LogP contribution in [-0.2, 0) is 11.3 Å². The van der Waals surface area contributed by atoms with E-state index in [1.807, 2.05) is 43.3 Å². The number of aryl methyl sites for hydroxylation is 1. The first-order valence-electron chi connectivity index (χ1n) is 13.4. The van der Waals surface area contributed by atoms with Crippen molar-refractivity contribution in [1.29, 1.82) is 5.41 Å². The van der Waals surface area contributed by atoms with E-state index in [2.05, 4.69) is 10.6 Å². The van der Waals surface area contributed by atoms with Gasteiger partial charge in [0.1, 0.15) is 12.4 Å². The Labute approximate surface area is 229 Å². The van der Waals surface area contributed by atoms with Gasteiger partial charge >= 0.3 is 0 Å². The third-order valence-electron chi connectivity index (χ3n) is 6.90. The second-order valence-corrected chi connectivity index (χ2v) is 9.88. The van der Waals surface area contributed by atoms with Gasteiger partial charge in [0.25, 0.3) is 5.91 Å². The van der Waals surface area contributed by atoms with Crippen LogP contribution in [0.4, 0.5) is 11.4 Å². The number of nitrogen functional groups attached to an aromatic ring is 1. The van der Waals surface area contributed by atoms with E-state index < -0.39 is 0 Å². The first-order chi connectivity index (χ1) is 18.9. The molecule has 0 unspecified atom stereocenters. The SMILES string of the molecule is Cc1ccc(NCc2cccc(OCC3CCCCC3)c2OCC=O)c(C(=O)Nc2ccc(C(=N)N)cc2)c1. The number of anilines is 2. The highest BCUT2D eigenvalue weighted by Gasteiger charge is 2.18. The molecule has 8 heteroatoms. The Balaban J connectivity index is 1.50. The van der Waals surface area contributed by atoms with E-state index in [-0.39, 0.29) is 18.3 Å². The summed E-state index contributed by atoms with van der Waals surface area (Å²) < 4.78 is 12.0. The lowest BCUT2D eigenvalue weighted by Gasteiger charge is -2.23. The van der Waals surface area contributed by atoms with Gasteiger partial charge in [-0.05, 0) is 68.1 Å². The van der Waals surface area contributed by atoms with Gasteiger partial charge in [-0.3, -0.25) is 15.0 Å². The van der Waals surface area contributed by atoms with Crippen LogP contribution in [0.15, 0.2) is 60.7 Å². The van der Waals surface area contributed by atoms with Crippen LogP contribution in [0.3, 0.4) is 0 Å². The summed E-state index contributed by atoms with van der Waals surface area (Å²) in [5, 5.41) is 13.8. The summed E-state index contributed by atoms with van der Waals surface area (Å²) in [6, 6.07) is 18.2. The third-order valence-corrected chi connectivity index (χ3v) is 6.90. The predicted molar refractivity (Wildman–Crippen MR) is 154 cm³/mol. The topological polar surface area (TPSA) is 127 Å². The van der Waals surface area contributed by atoms with Crippen LogP contribution >= 0.6 is 0 Å². The molecule has 0 saturated heterocycles. The minimum atomic E-state index is -0.265. The fraction of sp³-hybridized carbons (Fsp3) is 0.323. The maximum Gasteiger partial charge on any atom is 0.257 e. The van der Waals surface area contributed by atoms with Crippen LogP contribution in [-0.4, -0.2) is 31.2 Å². The number of amidine groups is 1. The van der Waals surface area contributed by atoms with Crippen molar-refractivity contribution in [2.45, 2.75) is 45.6 Å². The summed E-state index contributed by atoms with van der Waals surface area (Å²) in [7, 11) is 0. The minimum Gasteiger partial charge on any atom is -0.489 e. The number of benzene rings is 3. The lowest BCUT2D eigenvalue weighted by molar-refractivity contribution is -0.109. The number of para-hydroxylation sites is 1. The number of amides is 1. The van der Waals surface area contributed by atoms with Crippen LogP contribution in [0.25, 0.3) is 0 Å². The molecule has 0 heterocycles. The number of hydrogen-bond donors (Lipinski definition) is 4. The predicted octanol–water partition coefficient (Wildman–Crippen LogP) is 5.68. The standard InChI is InChI=1S/C31H36N4O4/c1-21-10-15-27(26(18-21)31(37)35-25-13-11-23(12-14-25)30(32)33)34-19-24-8-5-9-28(29(24)38-17-16-36)39-20-22-6-3-2-4-7-22/h5,8-16,18,22,34H,2-4,6-7,17,19-20H2,1H3,(H3,32,33)(H,35,37). The quantitative estimate of drug-likeness (QED) is 0.136. The fourth-order valence-corrected chi connectivity index (χ4v) is 4.78. The molecule has 1 aliphatic rings. The molecular formula is C31H36N4O4. The molecule has 4 rings (SSSR count). The number of carbonyl (C=O) groups is 2. The van der Waals surface area contributed by atoms with Crippen molar-refractivity contribution in [1.82, 2.24) is 0 Å². The first kappa shape index (κ1) is 27.7. The van der Waals surface area contributed by atoms with E-state index in [9.17, 15) is 9.59 Å². The molecule has 1 amide bonds. The van der Waals surface area contributed by atoms with Gasteiger partial charge in [-0.15, -0.1) is 0 Å². The first-order valence-corrected chi connectivity index (χ1v) is 13.4. The van der Waals surface area contributed by atoms with Gasteiger partial charge in [0, 0.05) is 29.0 Å². The zero-order valence-electron chi connectivity index (χ0n) is 22.3. The number of carbonyl (C=O) groups excluding carboxylic acids is 2. The smallest absolute Gasteiger partial charge is 0.257 e. The number of nitrogens with one attached hydrogen (secondary N) is 3. The number of rotatable bonds is 12. The van der Waals surface area contributed by atoms with Crippen LogP contribution in [0.1, 0.15) is 59.2 Å². The summed E-state index contributed by atoms with van der Waals surface area (Å²) in [6.45, 7) is 2.85. The van der Waals surface area contributed by atoms with E-state index in [4.69, 9.17) is 20.6 Å². The summed E-state index contributed by atoms with van der Waals surface area (Å²) in [5.41, 5.74) is 9.64. The van der Waals surface area contributed by atoms with Gasteiger partial charge in [-0.25, -0.2) is 0 Å². The van der Waals surface area contributed by atoms with E-state index in [0.29, 0.717) is 53.1 Å². The zero-order valence-corrected chi connectivity index (χ0v) is 22.3. The molecule has 0 aromatic heterocycles. The largest absolute Gasteiger partial charge is 0.489 e. The molecule has 0 spiro atoms. The van der Waals surface area contributed by atoms with E-state index >= 15 is 0 Å². The summed E-state index contributed by atoms with van der Waals surface area (Å²) in [4.78, 5) is 24.3. The van der Waals surface area contributed by atoms with Crippen molar-refractivity contribution < 1.29 is 19.1 Å². The third kappa shape index (κ3) is 7.60. The molecule has 0 bridgehead atoms. The Bertz CT molecular complexity index is 1300. The Morgan fingerprint density at radius 3 is 2.54 bits per heavy atom. The minimum absolute atomic E-state index is 0.0296. The van der Waals surface area contributed by atoms with Crippen LogP contribution in [0.2, 0.25) is 0 Å². The lowest BCUT2D eigenvalue weighted by atomic mass is 9.90. The van der Waals surface area contributed by atoms with E-state index in [1.165, 1.54) is 32.1 Å². The van der Waals surface area contributed by atoms with Crippen LogP contribution < -0.4 is 25.8 Å². The molecule has 1 saturated carbocycles. The highest BCUT2D eigenvalue weighted by Crippen LogP contribution is 2.34. The molecule has 0 aliphatic heterocycles. The van der Waals surface area contributed by atoms with Gasteiger partial charge < -0.3 is 25.8 Å². The van der Waals surface area contributed by atoms with Crippen molar-refractivity contribution in [2.75, 3.05) is 23.8 Å².